The highest BCUT2D eigenvalue weighted by Gasteiger charge is 2.49. The minimum atomic E-state index is -0.900. The van der Waals surface area contributed by atoms with E-state index in [-0.39, 0.29) is 6.42 Å². The molecule has 1 saturated heterocycles. The standard InChI is InChI=1S/C13H19N3O4/c1-12(2,3)20-11(19)15-7-13(8-15,6-10(17)18)16-5-4-14-9-16/h4-5,9H,6-8H2,1-3H3,(H,17,18). The van der Waals surface area contributed by atoms with Gasteiger partial charge in [-0.05, 0) is 20.8 Å². The van der Waals surface area contributed by atoms with Crippen molar-refractivity contribution in [1.29, 1.82) is 0 Å². The molecular weight excluding hydrogens is 262 g/mol. The molecule has 1 aliphatic heterocycles. The van der Waals surface area contributed by atoms with Crippen LogP contribution in [0.5, 0.6) is 0 Å². The first kappa shape index (κ1) is 14.4. The van der Waals surface area contributed by atoms with Gasteiger partial charge >= 0.3 is 12.1 Å². The van der Waals surface area contributed by atoms with E-state index in [0.717, 1.165) is 0 Å². The summed E-state index contributed by atoms with van der Waals surface area (Å²) in [6.45, 7) is 6.01. The fourth-order valence-corrected chi connectivity index (χ4v) is 2.31. The van der Waals surface area contributed by atoms with Crippen LogP contribution in [-0.4, -0.2) is 50.3 Å². The lowest BCUT2D eigenvalue weighted by atomic mass is 9.86. The number of nitrogens with zero attached hydrogens (tertiary/aromatic N) is 3. The molecule has 0 bridgehead atoms. The van der Waals surface area contributed by atoms with Gasteiger partial charge in [-0.25, -0.2) is 9.78 Å². The first-order valence-electron chi connectivity index (χ1n) is 6.40. The van der Waals surface area contributed by atoms with E-state index in [4.69, 9.17) is 9.84 Å². The second-order valence-corrected chi connectivity index (χ2v) is 6.10. The molecule has 1 fully saturated rings. The number of likely N-dealkylation sites (tertiary alicyclic amines) is 1. The quantitative estimate of drug-likeness (QED) is 0.902. The Morgan fingerprint density at radius 1 is 1.40 bits per heavy atom. The Bertz CT molecular complexity index is 498. The van der Waals surface area contributed by atoms with Gasteiger partial charge in [0.25, 0.3) is 0 Å². The zero-order valence-corrected chi connectivity index (χ0v) is 11.9. The Morgan fingerprint density at radius 2 is 2.05 bits per heavy atom. The van der Waals surface area contributed by atoms with Crippen molar-refractivity contribution in [3.05, 3.63) is 18.7 Å². The highest BCUT2D eigenvalue weighted by molar-refractivity contribution is 5.72. The molecule has 2 heterocycles. The van der Waals surface area contributed by atoms with E-state index in [1.54, 1.807) is 44.1 Å². The first-order chi connectivity index (χ1) is 9.22. The Balaban J connectivity index is 2.06. The number of aromatic nitrogens is 2. The topological polar surface area (TPSA) is 84.7 Å². The average Bonchev–Trinajstić information content (AvgIpc) is 2.72. The van der Waals surface area contributed by atoms with Crippen LogP contribution in [0, 0.1) is 0 Å². The number of rotatable bonds is 3. The summed E-state index contributed by atoms with van der Waals surface area (Å²) in [5.41, 5.74) is -1.18. The second-order valence-electron chi connectivity index (χ2n) is 6.10. The van der Waals surface area contributed by atoms with Crippen LogP contribution in [0.25, 0.3) is 0 Å². The summed E-state index contributed by atoms with van der Waals surface area (Å²) in [6.07, 6.45) is 4.42. The molecule has 0 spiro atoms. The second kappa shape index (κ2) is 4.81. The van der Waals surface area contributed by atoms with Crippen molar-refractivity contribution in [3.8, 4) is 0 Å². The number of hydrogen-bond donors (Lipinski definition) is 1. The molecule has 0 atom stereocenters. The monoisotopic (exact) mass is 281 g/mol. The Labute approximate surface area is 117 Å². The lowest BCUT2D eigenvalue weighted by Crippen LogP contribution is -2.65. The molecule has 2 rings (SSSR count). The average molecular weight is 281 g/mol. The maximum atomic E-state index is 11.9. The highest BCUT2D eigenvalue weighted by atomic mass is 16.6. The number of carboxylic acid groups (broad SMARTS) is 1. The predicted octanol–water partition coefficient (Wildman–Crippen LogP) is 1.30. The summed E-state index contributed by atoms with van der Waals surface area (Å²) in [5, 5.41) is 9.06. The number of hydrogen-bond acceptors (Lipinski definition) is 4. The van der Waals surface area contributed by atoms with Crippen molar-refractivity contribution in [2.75, 3.05) is 13.1 Å². The molecule has 0 radical (unpaired) electrons. The van der Waals surface area contributed by atoms with Gasteiger partial charge in [-0.2, -0.15) is 0 Å². The summed E-state index contributed by atoms with van der Waals surface area (Å²) < 4.78 is 7.02. The molecule has 1 aliphatic rings. The number of imidazole rings is 1. The molecule has 1 N–H and O–H groups in total. The molecule has 1 aromatic rings. The molecule has 20 heavy (non-hydrogen) atoms. The summed E-state index contributed by atoms with van der Waals surface area (Å²) in [6, 6.07) is 0. The van der Waals surface area contributed by atoms with Gasteiger partial charge in [-0.3, -0.25) is 4.79 Å². The van der Waals surface area contributed by atoms with Crippen molar-refractivity contribution in [1.82, 2.24) is 14.5 Å². The Hall–Kier alpha value is -2.05. The van der Waals surface area contributed by atoms with Crippen LogP contribution in [0.4, 0.5) is 4.79 Å². The molecule has 7 heteroatoms. The molecule has 0 saturated carbocycles. The van der Waals surface area contributed by atoms with E-state index in [0.29, 0.717) is 13.1 Å². The minimum absolute atomic E-state index is 0.0529. The third-order valence-corrected chi connectivity index (χ3v) is 3.15. The van der Waals surface area contributed by atoms with Gasteiger partial charge in [0.2, 0.25) is 0 Å². The van der Waals surface area contributed by atoms with Crippen LogP contribution in [0.15, 0.2) is 18.7 Å². The maximum Gasteiger partial charge on any atom is 0.410 e. The SMILES string of the molecule is CC(C)(C)OC(=O)N1CC(CC(=O)O)(n2ccnc2)C1. The van der Waals surface area contributed by atoms with Gasteiger partial charge < -0.3 is 19.3 Å². The summed E-state index contributed by atoms with van der Waals surface area (Å²) in [7, 11) is 0. The lowest BCUT2D eigenvalue weighted by molar-refractivity contribution is -0.142. The summed E-state index contributed by atoms with van der Waals surface area (Å²) in [5.74, 6) is -0.900. The number of carboxylic acids is 1. The van der Waals surface area contributed by atoms with Crippen molar-refractivity contribution in [2.45, 2.75) is 38.3 Å². The number of ether oxygens (including phenoxy) is 1. The fourth-order valence-electron chi connectivity index (χ4n) is 2.31. The van der Waals surface area contributed by atoms with Crippen LogP contribution in [0.2, 0.25) is 0 Å². The van der Waals surface area contributed by atoms with Gasteiger partial charge in [-0.1, -0.05) is 0 Å². The minimum Gasteiger partial charge on any atom is -0.481 e. The first-order valence-corrected chi connectivity index (χ1v) is 6.40. The van der Waals surface area contributed by atoms with E-state index < -0.39 is 23.2 Å². The molecule has 110 valence electrons. The van der Waals surface area contributed by atoms with E-state index in [1.807, 2.05) is 0 Å². The third kappa shape index (κ3) is 2.92. The molecule has 7 nitrogen and oxygen atoms in total. The number of aliphatic carboxylic acids is 1. The van der Waals surface area contributed by atoms with Crippen molar-refractivity contribution in [3.63, 3.8) is 0 Å². The van der Waals surface area contributed by atoms with Crippen molar-refractivity contribution >= 4 is 12.1 Å². The van der Waals surface area contributed by atoms with Gasteiger partial charge in [0.05, 0.1) is 18.3 Å². The summed E-state index contributed by atoms with van der Waals surface area (Å²) >= 11 is 0. The fraction of sp³-hybridized carbons (Fsp3) is 0.615. The molecule has 0 aromatic carbocycles. The maximum absolute atomic E-state index is 11.9. The van der Waals surface area contributed by atoms with E-state index in [2.05, 4.69) is 4.98 Å². The number of amides is 1. The Morgan fingerprint density at radius 3 is 2.50 bits per heavy atom. The Kier molecular flexibility index (Phi) is 3.45. The molecular formula is C13H19N3O4. The zero-order chi connectivity index (χ0) is 15.0. The van der Waals surface area contributed by atoms with Crippen molar-refractivity contribution in [2.24, 2.45) is 0 Å². The highest BCUT2D eigenvalue weighted by Crippen LogP contribution is 2.33. The van der Waals surface area contributed by atoms with E-state index in [1.165, 1.54) is 4.90 Å². The van der Waals surface area contributed by atoms with E-state index in [9.17, 15) is 9.59 Å². The van der Waals surface area contributed by atoms with Crippen LogP contribution in [0.3, 0.4) is 0 Å². The molecule has 0 aliphatic carbocycles. The largest absolute Gasteiger partial charge is 0.481 e. The number of carbonyl (C=O) groups is 2. The van der Waals surface area contributed by atoms with Crippen LogP contribution in [0.1, 0.15) is 27.2 Å². The molecule has 0 unspecified atom stereocenters. The zero-order valence-electron chi connectivity index (χ0n) is 11.9. The molecule has 1 amide bonds. The van der Waals surface area contributed by atoms with Crippen LogP contribution in [-0.2, 0) is 15.1 Å². The van der Waals surface area contributed by atoms with Gasteiger partial charge in [-0.15, -0.1) is 0 Å². The summed E-state index contributed by atoms with van der Waals surface area (Å²) in [4.78, 5) is 28.4. The normalized spacial score (nSPS) is 17.4. The van der Waals surface area contributed by atoms with Gasteiger partial charge in [0.1, 0.15) is 5.60 Å². The third-order valence-electron chi connectivity index (χ3n) is 3.15. The van der Waals surface area contributed by atoms with Gasteiger partial charge in [0.15, 0.2) is 0 Å². The van der Waals surface area contributed by atoms with Gasteiger partial charge in [0, 0.05) is 25.5 Å². The number of carbonyl (C=O) groups excluding carboxylic acids is 1. The smallest absolute Gasteiger partial charge is 0.410 e. The molecule has 1 aromatic heterocycles. The van der Waals surface area contributed by atoms with E-state index >= 15 is 0 Å². The van der Waals surface area contributed by atoms with Crippen LogP contribution < -0.4 is 0 Å². The lowest BCUT2D eigenvalue weighted by Gasteiger charge is -2.49. The van der Waals surface area contributed by atoms with Crippen LogP contribution >= 0.6 is 0 Å². The van der Waals surface area contributed by atoms with Crippen molar-refractivity contribution < 1.29 is 19.4 Å². The predicted molar refractivity (Wildman–Crippen MR) is 70.3 cm³/mol.